The minimum atomic E-state index is -1.15. The van der Waals surface area contributed by atoms with Crippen molar-refractivity contribution in [2.45, 2.75) is 45.3 Å². The zero-order chi connectivity index (χ0) is 19.0. The maximum absolute atomic E-state index is 12.4. The Balaban J connectivity index is 2.05. The van der Waals surface area contributed by atoms with E-state index in [1.54, 1.807) is 6.92 Å². The van der Waals surface area contributed by atoms with Crippen LogP contribution in [0.4, 0.5) is 5.95 Å². The molecule has 1 saturated heterocycles. The van der Waals surface area contributed by atoms with E-state index >= 15 is 0 Å². The second-order valence-electron chi connectivity index (χ2n) is 5.63. The third-order valence-electron chi connectivity index (χ3n) is 3.75. The second kappa shape index (κ2) is 6.63. The molecular weight excluding hydrogens is 350 g/mol. The van der Waals surface area contributed by atoms with Gasteiger partial charge >= 0.3 is 17.6 Å². The summed E-state index contributed by atoms with van der Waals surface area (Å²) in [4.78, 5) is 55.7. The van der Waals surface area contributed by atoms with Crippen molar-refractivity contribution in [2.75, 3.05) is 5.73 Å². The van der Waals surface area contributed by atoms with E-state index in [9.17, 15) is 19.2 Å². The van der Waals surface area contributed by atoms with Crippen molar-refractivity contribution in [1.29, 1.82) is 0 Å². The van der Waals surface area contributed by atoms with Crippen molar-refractivity contribution in [2.24, 2.45) is 0 Å². The molecule has 1 aliphatic rings. The summed E-state index contributed by atoms with van der Waals surface area (Å²) in [6.45, 7) is 2.81. The molecule has 4 N–H and O–H groups in total. The quantitative estimate of drug-likeness (QED) is 0.580. The summed E-state index contributed by atoms with van der Waals surface area (Å²) in [7, 11) is 0. The molecule has 0 spiro atoms. The standard InChI is InChI=1S/C14H17N5O7/c1-3-7(21)25-8-4-6(24-5(2)20)12(26-8)19-10-9(16-14(19)23)11(22)18-13(15)17-10/h6,8,12H,3-4H2,1-2H3,(H,16,23)(H3,15,17,18,22)/t6-,8-,12-/m1/s1. The molecule has 3 rings (SSSR count). The van der Waals surface area contributed by atoms with Gasteiger partial charge < -0.3 is 19.9 Å². The van der Waals surface area contributed by atoms with Gasteiger partial charge in [-0.25, -0.2) is 9.36 Å². The zero-order valence-corrected chi connectivity index (χ0v) is 14.0. The Kier molecular flexibility index (Phi) is 4.50. The number of aromatic amines is 2. The van der Waals surface area contributed by atoms with Gasteiger partial charge in [0.25, 0.3) is 5.56 Å². The summed E-state index contributed by atoms with van der Waals surface area (Å²) < 4.78 is 16.9. The Hall–Kier alpha value is -3.15. The average Bonchev–Trinajstić information content (AvgIpc) is 3.06. The number of fused-ring (bicyclic) bond motifs is 1. The number of nitrogens with zero attached hydrogens (tertiary/aromatic N) is 2. The number of esters is 2. The van der Waals surface area contributed by atoms with Crippen LogP contribution >= 0.6 is 0 Å². The van der Waals surface area contributed by atoms with Crippen molar-refractivity contribution in [3.8, 4) is 0 Å². The van der Waals surface area contributed by atoms with E-state index in [0.29, 0.717) is 0 Å². The van der Waals surface area contributed by atoms with Crippen LogP contribution in [0.5, 0.6) is 0 Å². The average molecular weight is 367 g/mol. The van der Waals surface area contributed by atoms with Crippen molar-refractivity contribution in [1.82, 2.24) is 19.5 Å². The lowest BCUT2D eigenvalue weighted by molar-refractivity contribution is -0.183. The van der Waals surface area contributed by atoms with Crippen molar-refractivity contribution < 1.29 is 23.8 Å². The molecule has 2 aromatic heterocycles. The molecule has 2 aromatic rings. The molecule has 1 aliphatic heterocycles. The lowest BCUT2D eigenvalue weighted by Crippen LogP contribution is -2.31. The fourth-order valence-electron chi connectivity index (χ4n) is 2.72. The van der Waals surface area contributed by atoms with Crippen LogP contribution in [0.1, 0.15) is 32.9 Å². The highest BCUT2D eigenvalue weighted by atomic mass is 16.7. The Bertz CT molecular complexity index is 974. The van der Waals surface area contributed by atoms with E-state index in [-0.39, 0.29) is 30.0 Å². The lowest BCUT2D eigenvalue weighted by Gasteiger charge is -2.18. The smallest absolute Gasteiger partial charge is 0.330 e. The number of nitrogen functional groups attached to an aromatic ring is 1. The van der Waals surface area contributed by atoms with E-state index in [2.05, 4.69) is 15.0 Å². The van der Waals surface area contributed by atoms with Crippen molar-refractivity contribution >= 4 is 29.1 Å². The van der Waals surface area contributed by atoms with Gasteiger partial charge in [-0.3, -0.25) is 24.4 Å². The molecular formula is C14H17N5O7. The van der Waals surface area contributed by atoms with Crippen LogP contribution in [0.25, 0.3) is 11.2 Å². The van der Waals surface area contributed by atoms with Gasteiger partial charge in [0.2, 0.25) is 12.2 Å². The normalized spacial score (nSPS) is 22.5. The van der Waals surface area contributed by atoms with Crippen LogP contribution in [0.3, 0.4) is 0 Å². The summed E-state index contributed by atoms with van der Waals surface area (Å²) >= 11 is 0. The predicted octanol–water partition coefficient (Wildman–Crippen LogP) is -0.875. The highest BCUT2D eigenvalue weighted by Gasteiger charge is 2.42. The number of aromatic nitrogens is 4. The van der Waals surface area contributed by atoms with E-state index in [1.165, 1.54) is 6.92 Å². The summed E-state index contributed by atoms with van der Waals surface area (Å²) in [5.41, 5.74) is 4.01. The number of carbonyl (C=O) groups is 2. The molecule has 3 atom stereocenters. The minimum Gasteiger partial charge on any atom is -0.457 e. The van der Waals surface area contributed by atoms with Crippen LogP contribution in [-0.2, 0) is 23.8 Å². The van der Waals surface area contributed by atoms with Gasteiger partial charge in [-0.2, -0.15) is 4.98 Å². The number of H-pyrrole nitrogens is 2. The molecule has 0 aliphatic carbocycles. The molecule has 0 unspecified atom stereocenters. The lowest BCUT2D eigenvalue weighted by atomic mass is 10.2. The van der Waals surface area contributed by atoms with Crippen LogP contribution < -0.4 is 17.0 Å². The molecule has 12 heteroatoms. The number of anilines is 1. The third-order valence-corrected chi connectivity index (χ3v) is 3.75. The predicted molar refractivity (Wildman–Crippen MR) is 85.9 cm³/mol. The number of nitrogens with two attached hydrogens (primary N) is 1. The van der Waals surface area contributed by atoms with Crippen molar-refractivity contribution in [3.05, 3.63) is 20.8 Å². The highest BCUT2D eigenvalue weighted by Crippen LogP contribution is 2.32. The van der Waals surface area contributed by atoms with Crippen molar-refractivity contribution in [3.63, 3.8) is 0 Å². The van der Waals surface area contributed by atoms with Gasteiger partial charge in [0.1, 0.15) is 0 Å². The number of carbonyl (C=O) groups excluding carboxylic acids is 2. The monoisotopic (exact) mass is 367 g/mol. The summed E-state index contributed by atoms with van der Waals surface area (Å²) in [5, 5.41) is 0. The largest absolute Gasteiger partial charge is 0.457 e. The fraction of sp³-hybridized carbons (Fsp3) is 0.500. The first-order chi connectivity index (χ1) is 12.3. The minimum absolute atomic E-state index is 0.0216. The highest BCUT2D eigenvalue weighted by molar-refractivity contribution is 5.71. The van der Waals surface area contributed by atoms with Gasteiger partial charge in [-0.15, -0.1) is 0 Å². The Morgan fingerprint density at radius 1 is 1.35 bits per heavy atom. The molecule has 140 valence electrons. The number of rotatable bonds is 4. The van der Waals surface area contributed by atoms with Gasteiger partial charge in [0.05, 0.1) is 6.42 Å². The second-order valence-corrected chi connectivity index (χ2v) is 5.63. The van der Waals surface area contributed by atoms with Crippen LogP contribution in [0.2, 0.25) is 0 Å². The first kappa shape index (κ1) is 17.7. The summed E-state index contributed by atoms with van der Waals surface area (Å²) in [6.07, 6.45) is -2.95. The first-order valence-electron chi connectivity index (χ1n) is 7.82. The van der Waals surface area contributed by atoms with Gasteiger partial charge in [0.15, 0.2) is 23.5 Å². The number of imidazole rings is 1. The number of ether oxygens (including phenoxy) is 3. The third kappa shape index (κ3) is 3.18. The molecule has 0 radical (unpaired) electrons. The van der Waals surface area contributed by atoms with E-state index in [1.807, 2.05) is 0 Å². The molecule has 0 saturated carbocycles. The number of nitrogens with one attached hydrogen (secondary N) is 2. The summed E-state index contributed by atoms with van der Waals surface area (Å²) in [5.74, 6) is -1.32. The Morgan fingerprint density at radius 3 is 2.73 bits per heavy atom. The molecule has 0 amide bonds. The fourth-order valence-corrected chi connectivity index (χ4v) is 2.72. The molecule has 3 heterocycles. The molecule has 0 bridgehead atoms. The topological polar surface area (TPSA) is 171 Å². The van der Waals surface area contributed by atoms with Crippen LogP contribution in [0.15, 0.2) is 9.59 Å². The molecule has 26 heavy (non-hydrogen) atoms. The number of hydrogen-bond acceptors (Lipinski definition) is 9. The van der Waals surface area contributed by atoms with Gasteiger partial charge in [-0.1, -0.05) is 6.92 Å². The van der Waals surface area contributed by atoms with Crippen LogP contribution in [-0.4, -0.2) is 43.9 Å². The van der Waals surface area contributed by atoms with E-state index < -0.39 is 41.8 Å². The van der Waals surface area contributed by atoms with Gasteiger partial charge in [-0.05, 0) is 0 Å². The maximum atomic E-state index is 12.4. The van der Waals surface area contributed by atoms with Gasteiger partial charge in [0, 0.05) is 13.3 Å². The Labute approximate surface area is 145 Å². The molecule has 1 fully saturated rings. The first-order valence-corrected chi connectivity index (χ1v) is 7.82. The SMILES string of the molecule is CCC(=O)O[C@H]1C[C@@H](OC(C)=O)[C@H](n2c(=O)[nH]c3c(=O)[nH]c(N)nc32)O1. The molecule has 12 nitrogen and oxygen atoms in total. The van der Waals surface area contributed by atoms with E-state index in [0.717, 1.165) is 4.57 Å². The maximum Gasteiger partial charge on any atom is 0.330 e. The van der Waals surface area contributed by atoms with E-state index in [4.69, 9.17) is 19.9 Å². The van der Waals surface area contributed by atoms with Crippen LogP contribution in [0, 0.1) is 0 Å². The zero-order valence-electron chi connectivity index (χ0n) is 14.0. The Morgan fingerprint density at radius 2 is 2.08 bits per heavy atom. The number of hydrogen-bond donors (Lipinski definition) is 3. The molecule has 0 aromatic carbocycles. The summed E-state index contributed by atoms with van der Waals surface area (Å²) in [6, 6.07) is 0.